The van der Waals surface area contributed by atoms with E-state index in [1.807, 2.05) is 60.7 Å². The first-order chi connectivity index (χ1) is 17.3. The molecule has 1 heterocycles. The Bertz CT molecular complexity index is 1300. The predicted molar refractivity (Wildman–Crippen MR) is 147 cm³/mol. The lowest BCUT2D eigenvalue weighted by Crippen LogP contribution is -2.16. The van der Waals surface area contributed by atoms with Crippen molar-refractivity contribution in [1.29, 1.82) is 0 Å². The van der Waals surface area contributed by atoms with Gasteiger partial charge < -0.3 is 4.74 Å². The molecule has 0 aliphatic heterocycles. The summed E-state index contributed by atoms with van der Waals surface area (Å²) in [5, 5.41) is 9.17. The van der Waals surface area contributed by atoms with Gasteiger partial charge in [0.1, 0.15) is 0 Å². The van der Waals surface area contributed by atoms with Crippen molar-refractivity contribution in [3.63, 3.8) is 0 Å². The fourth-order valence-corrected chi connectivity index (χ4v) is 4.21. The molecule has 4 aromatic rings. The number of halogens is 1. The van der Waals surface area contributed by atoms with Crippen molar-refractivity contribution < 1.29 is 9.53 Å². The number of nitrogens with one attached hydrogen (secondary N) is 1. The van der Waals surface area contributed by atoms with Crippen molar-refractivity contribution in [3.05, 3.63) is 107 Å². The van der Waals surface area contributed by atoms with Crippen LogP contribution in [0, 0.1) is 0 Å². The van der Waals surface area contributed by atoms with Gasteiger partial charge in [0.2, 0.25) is 5.88 Å². The average molecular weight is 518 g/mol. The lowest BCUT2D eigenvalue weighted by Gasteiger charge is -2.19. The fraction of sp³-hybridized carbons (Fsp3) is 0.207. The van der Waals surface area contributed by atoms with Crippen molar-refractivity contribution in [2.75, 3.05) is 6.61 Å². The molecule has 0 saturated carbocycles. The average Bonchev–Trinajstić information content (AvgIpc) is 2.88. The van der Waals surface area contributed by atoms with E-state index in [0.717, 1.165) is 22.4 Å². The van der Waals surface area contributed by atoms with E-state index in [2.05, 4.69) is 47.8 Å². The number of carbonyl (C=O) groups excluding carboxylic acids is 1. The summed E-state index contributed by atoms with van der Waals surface area (Å²) in [6, 6.07) is 26.9. The topological polar surface area (TPSA) is 64.1 Å². The molecule has 0 unspecified atom stereocenters. The van der Waals surface area contributed by atoms with Gasteiger partial charge in [-0.2, -0.15) is 0 Å². The van der Waals surface area contributed by atoms with Crippen molar-refractivity contribution in [3.8, 4) is 17.1 Å². The van der Waals surface area contributed by atoms with E-state index in [0.29, 0.717) is 28.8 Å². The minimum atomic E-state index is -0.170. The van der Waals surface area contributed by atoms with E-state index in [-0.39, 0.29) is 11.3 Å². The van der Waals surface area contributed by atoms with Crippen LogP contribution in [-0.2, 0) is 11.8 Å². The van der Waals surface area contributed by atoms with Gasteiger partial charge in [-0.05, 0) is 71.0 Å². The molecule has 1 aromatic heterocycles. The molecule has 5 nitrogen and oxygen atoms in total. The van der Waals surface area contributed by atoms with Crippen LogP contribution in [0.1, 0.15) is 42.3 Å². The summed E-state index contributed by atoms with van der Waals surface area (Å²) < 4.78 is 8.63. The second kappa shape index (κ2) is 11.6. The number of carbonyl (C=O) groups is 1. The van der Waals surface area contributed by atoms with Crippen LogP contribution in [-0.4, -0.2) is 22.7 Å². The first kappa shape index (κ1) is 25.7. The van der Waals surface area contributed by atoms with Crippen LogP contribution in [0.4, 0.5) is 0 Å². The van der Waals surface area contributed by atoms with Gasteiger partial charge >= 0.3 is 0 Å². The molecular weight excluding hydrogens is 490 g/mol. The molecular formula is C29H28ClN3O2S. The molecule has 36 heavy (non-hydrogen) atoms. The lowest BCUT2D eigenvalue weighted by atomic mass is 9.87. The number of amides is 1. The second-order valence-electron chi connectivity index (χ2n) is 9.37. The summed E-state index contributed by atoms with van der Waals surface area (Å²) in [6.07, 6.45) is 0.747. The third kappa shape index (κ3) is 7.09. The number of hydrogen-bond acceptors (Lipinski definition) is 5. The van der Waals surface area contributed by atoms with Crippen molar-refractivity contribution >= 4 is 29.5 Å². The van der Waals surface area contributed by atoms with E-state index in [1.165, 1.54) is 17.5 Å². The smallest absolute Gasteiger partial charge is 0.261 e. The fourth-order valence-electron chi connectivity index (χ4n) is 3.48. The van der Waals surface area contributed by atoms with Crippen LogP contribution >= 0.6 is 23.5 Å². The van der Waals surface area contributed by atoms with Crippen LogP contribution in [0.15, 0.2) is 89.8 Å². The minimum absolute atomic E-state index is 0.0947. The highest BCUT2D eigenvalue weighted by Crippen LogP contribution is 2.25. The summed E-state index contributed by atoms with van der Waals surface area (Å²) in [5.41, 5.74) is 4.51. The summed E-state index contributed by atoms with van der Waals surface area (Å²) in [5.74, 6) is 0.285. The molecule has 0 fully saturated rings. The number of nitrogens with zero attached hydrogens (tertiary/aromatic N) is 2. The molecule has 184 valence electrons. The Balaban J connectivity index is 1.32. The highest BCUT2D eigenvalue weighted by atomic mass is 35.5. The Morgan fingerprint density at radius 2 is 1.69 bits per heavy atom. The van der Waals surface area contributed by atoms with Gasteiger partial charge in [0, 0.05) is 33.5 Å². The molecule has 0 aliphatic carbocycles. The van der Waals surface area contributed by atoms with Crippen LogP contribution in [0.25, 0.3) is 11.3 Å². The van der Waals surface area contributed by atoms with Gasteiger partial charge in [0.25, 0.3) is 5.91 Å². The van der Waals surface area contributed by atoms with Gasteiger partial charge in [0.05, 0.1) is 12.3 Å². The van der Waals surface area contributed by atoms with E-state index >= 15 is 0 Å². The molecule has 0 aliphatic rings. The van der Waals surface area contributed by atoms with Gasteiger partial charge in [-0.15, -0.1) is 10.2 Å². The van der Waals surface area contributed by atoms with Crippen LogP contribution in [0.5, 0.6) is 5.88 Å². The summed E-state index contributed by atoms with van der Waals surface area (Å²) in [6.45, 7) is 7.02. The molecule has 0 bridgehead atoms. The Hall–Kier alpha value is -3.35. The summed E-state index contributed by atoms with van der Waals surface area (Å²) in [4.78, 5) is 13.7. The largest absolute Gasteiger partial charge is 0.476 e. The van der Waals surface area contributed by atoms with Crippen LogP contribution < -0.4 is 9.46 Å². The molecule has 3 aromatic carbocycles. The standard InChI is InChI=1S/C29H28ClN3O2S/c1-29(2,3)23-9-13-25(14-10-23)36-33-28(34)22-6-4-5-21(19-22)26-15-16-27(32-31-26)35-18-17-20-7-11-24(30)12-8-20/h4-16,19H,17-18H2,1-3H3,(H,33,34). The molecule has 0 saturated heterocycles. The quantitative estimate of drug-likeness (QED) is 0.251. The van der Waals surface area contributed by atoms with E-state index < -0.39 is 0 Å². The van der Waals surface area contributed by atoms with Gasteiger partial charge in [-0.25, -0.2) is 0 Å². The Labute approximate surface area is 221 Å². The maximum atomic E-state index is 12.7. The predicted octanol–water partition coefficient (Wildman–Crippen LogP) is 7.15. The maximum Gasteiger partial charge on any atom is 0.261 e. The minimum Gasteiger partial charge on any atom is -0.476 e. The number of aromatic nitrogens is 2. The molecule has 1 N–H and O–H groups in total. The first-order valence-electron chi connectivity index (χ1n) is 11.7. The molecule has 0 atom stereocenters. The van der Waals surface area contributed by atoms with Crippen molar-refractivity contribution in [2.24, 2.45) is 0 Å². The highest BCUT2D eigenvalue weighted by molar-refractivity contribution is 7.98. The number of rotatable bonds is 8. The Morgan fingerprint density at radius 3 is 2.36 bits per heavy atom. The monoisotopic (exact) mass is 517 g/mol. The Kier molecular flexibility index (Phi) is 8.28. The van der Waals surface area contributed by atoms with E-state index in [9.17, 15) is 4.79 Å². The molecule has 4 rings (SSSR count). The van der Waals surface area contributed by atoms with Gasteiger partial charge in [0.15, 0.2) is 0 Å². The molecule has 0 spiro atoms. The third-order valence-corrected chi connectivity index (χ3v) is 6.64. The number of hydrogen-bond donors (Lipinski definition) is 1. The third-order valence-electron chi connectivity index (χ3n) is 5.60. The van der Waals surface area contributed by atoms with Gasteiger partial charge in [-0.1, -0.05) is 68.8 Å². The second-order valence-corrected chi connectivity index (χ2v) is 10.7. The first-order valence-corrected chi connectivity index (χ1v) is 12.9. The Morgan fingerprint density at radius 1 is 0.944 bits per heavy atom. The molecule has 0 radical (unpaired) electrons. The normalized spacial score (nSPS) is 11.2. The number of ether oxygens (including phenoxy) is 1. The lowest BCUT2D eigenvalue weighted by molar-refractivity contribution is 0.0984. The van der Waals surface area contributed by atoms with Gasteiger partial charge in [-0.3, -0.25) is 9.52 Å². The zero-order valence-corrected chi connectivity index (χ0v) is 22.1. The van der Waals surface area contributed by atoms with Crippen LogP contribution in [0.2, 0.25) is 5.02 Å². The highest BCUT2D eigenvalue weighted by Gasteiger charge is 2.13. The summed E-state index contributed by atoms with van der Waals surface area (Å²) in [7, 11) is 0. The summed E-state index contributed by atoms with van der Waals surface area (Å²) >= 11 is 7.22. The zero-order valence-electron chi connectivity index (χ0n) is 20.5. The maximum absolute atomic E-state index is 12.7. The molecule has 7 heteroatoms. The van der Waals surface area contributed by atoms with E-state index in [1.54, 1.807) is 12.1 Å². The van der Waals surface area contributed by atoms with E-state index in [4.69, 9.17) is 16.3 Å². The van der Waals surface area contributed by atoms with Crippen LogP contribution in [0.3, 0.4) is 0 Å². The number of benzene rings is 3. The SMILES string of the molecule is CC(C)(C)c1ccc(SNC(=O)c2cccc(-c3ccc(OCCc4ccc(Cl)cc4)nn3)c2)cc1. The zero-order chi connectivity index (χ0) is 25.5. The van der Waals surface area contributed by atoms with Crippen molar-refractivity contribution in [1.82, 2.24) is 14.9 Å². The van der Waals surface area contributed by atoms with Crippen molar-refractivity contribution in [2.45, 2.75) is 37.5 Å². The molecule has 1 amide bonds.